The number of rotatable bonds is 4. The van der Waals surface area contributed by atoms with Crippen LogP contribution in [0.3, 0.4) is 0 Å². The molecule has 1 atom stereocenters. The van der Waals surface area contributed by atoms with Crippen molar-refractivity contribution < 1.29 is 13.9 Å². The van der Waals surface area contributed by atoms with Gasteiger partial charge in [-0.15, -0.1) is 0 Å². The highest BCUT2D eigenvalue weighted by atomic mass is 79.9. The van der Waals surface area contributed by atoms with Crippen molar-refractivity contribution in [1.82, 2.24) is 5.32 Å². The lowest BCUT2D eigenvalue weighted by Crippen LogP contribution is -2.36. The molecule has 1 N–H and O–H groups in total. The molecule has 1 heterocycles. The van der Waals surface area contributed by atoms with Crippen molar-refractivity contribution in [2.75, 3.05) is 31.2 Å². The average Bonchev–Trinajstić information content (AvgIpc) is 2.61. The number of amides is 1. The van der Waals surface area contributed by atoms with Gasteiger partial charge in [-0.2, -0.15) is 0 Å². The predicted molar refractivity (Wildman–Crippen MR) is 99.5 cm³/mol. The quantitative estimate of drug-likeness (QED) is 0.836. The van der Waals surface area contributed by atoms with Gasteiger partial charge in [-0.3, -0.25) is 4.79 Å². The molecule has 1 fully saturated rings. The molecular formula is C19H20BrFN2O2. The molecule has 1 saturated heterocycles. The van der Waals surface area contributed by atoms with Crippen LogP contribution < -0.4 is 10.2 Å². The summed E-state index contributed by atoms with van der Waals surface area (Å²) in [5.41, 5.74) is 2.45. The van der Waals surface area contributed by atoms with Crippen LogP contribution in [0.4, 0.5) is 10.1 Å². The van der Waals surface area contributed by atoms with Crippen LogP contribution in [0, 0.1) is 5.82 Å². The van der Waals surface area contributed by atoms with Gasteiger partial charge < -0.3 is 15.0 Å². The Balaban J connectivity index is 1.66. The number of carbonyl (C=O) groups is 1. The minimum atomic E-state index is -0.443. The first-order valence-electron chi connectivity index (χ1n) is 8.22. The molecule has 3 rings (SSSR count). The lowest BCUT2D eigenvalue weighted by Gasteiger charge is -2.29. The number of morpholine rings is 1. The highest BCUT2D eigenvalue weighted by Crippen LogP contribution is 2.21. The molecule has 1 aliphatic heterocycles. The molecule has 0 saturated carbocycles. The van der Waals surface area contributed by atoms with Crippen LogP contribution in [0.2, 0.25) is 0 Å². The van der Waals surface area contributed by atoms with E-state index in [1.165, 1.54) is 12.1 Å². The molecule has 0 aliphatic carbocycles. The van der Waals surface area contributed by atoms with E-state index in [-0.39, 0.29) is 11.9 Å². The number of anilines is 1. The first kappa shape index (κ1) is 17.9. The molecule has 132 valence electrons. The van der Waals surface area contributed by atoms with E-state index in [1.807, 2.05) is 19.1 Å². The van der Waals surface area contributed by atoms with Gasteiger partial charge in [0.1, 0.15) is 5.82 Å². The van der Waals surface area contributed by atoms with Crippen molar-refractivity contribution in [2.24, 2.45) is 0 Å². The van der Waals surface area contributed by atoms with Gasteiger partial charge in [0, 0.05) is 28.8 Å². The fraction of sp³-hybridized carbons (Fsp3) is 0.316. The Bertz CT molecular complexity index is 725. The molecule has 0 aromatic heterocycles. The standard InChI is InChI=1S/C19H20BrFN2O2/c1-13(22-19(24)15-10-16(20)12-17(21)11-15)14-2-4-18(5-3-14)23-6-8-25-9-7-23/h2-5,10-13H,6-9H2,1H3,(H,22,24). The molecule has 4 nitrogen and oxygen atoms in total. The molecular weight excluding hydrogens is 387 g/mol. The number of halogens is 2. The van der Waals surface area contributed by atoms with E-state index in [1.54, 1.807) is 6.07 Å². The highest BCUT2D eigenvalue weighted by molar-refractivity contribution is 9.10. The van der Waals surface area contributed by atoms with Crippen molar-refractivity contribution in [3.8, 4) is 0 Å². The van der Waals surface area contributed by atoms with Crippen LogP contribution in [0.25, 0.3) is 0 Å². The maximum Gasteiger partial charge on any atom is 0.251 e. The minimum absolute atomic E-state index is 0.173. The fourth-order valence-electron chi connectivity index (χ4n) is 2.84. The predicted octanol–water partition coefficient (Wildman–Crippen LogP) is 3.92. The van der Waals surface area contributed by atoms with Gasteiger partial charge in [0.2, 0.25) is 0 Å². The number of carbonyl (C=O) groups excluding carboxylic acids is 1. The summed E-state index contributed by atoms with van der Waals surface area (Å²) in [6, 6.07) is 12.1. The Morgan fingerprint density at radius 2 is 1.88 bits per heavy atom. The van der Waals surface area contributed by atoms with Crippen LogP contribution in [0.5, 0.6) is 0 Å². The van der Waals surface area contributed by atoms with Gasteiger partial charge in [-0.05, 0) is 42.8 Å². The average molecular weight is 407 g/mol. The molecule has 1 amide bonds. The summed E-state index contributed by atoms with van der Waals surface area (Å²) in [5.74, 6) is -0.744. The van der Waals surface area contributed by atoms with Crippen molar-refractivity contribution in [3.63, 3.8) is 0 Å². The molecule has 1 aliphatic rings. The van der Waals surface area contributed by atoms with E-state index in [9.17, 15) is 9.18 Å². The lowest BCUT2D eigenvalue weighted by atomic mass is 10.1. The Morgan fingerprint density at radius 3 is 2.52 bits per heavy atom. The Hall–Kier alpha value is -1.92. The number of nitrogens with one attached hydrogen (secondary N) is 1. The summed E-state index contributed by atoms with van der Waals surface area (Å²) in [7, 11) is 0. The van der Waals surface area contributed by atoms with Crippen molar-refractivity contribution >= 4 is 27.5 Å². The van der Waals surface area contributed by atoms with E-state index in [2.05, 4.69) is 38.3 Å². The third-order valence-corrected chi connectivity index (χ3v) is 4.70. The van der Waals surface area contributed by atoms with Gasteiger partial charge >= 0.3 is 0 Å². The molecule has 0 spiro atoms. The number of hydrogen-bond donors (Lipinski definition) is 1. The van der Waals surface area contributed by atoms with Gasteiger partial charge in [-0.25, -0.2) is 4.39 Å². The van der Waals surface area contributed by atoms with Crippen LogP contribution in [-0.4, -0.2) is 32.2 Å². The van der Waals surface area contributed by atoms with E-state index >= 15 is 0 Å². The van der Waals surface area contributed by atoms with Crippen LogP contribution in [0.15, 0.2) is 46.9 Å². The maximum absolute atomic E-state index is 13.4. The second kappa shape index (κ2) is 7.97. The first-order valence-corrected chi connectivity index (χ1v) is 9.02. The largest absolute Gasteiger partial charge is 0.378 e. The summed E-state index contributed by atoms with van der Waals surface area (Å²) >= 11 is 3.20. The van der Waals surface area contributed by atoms with Crippen molar-refractivity contribution in [1.29, 1.82) is 0 Å². The number of benzene rings is 2. The summed E-state index contributed by atoms with van der Waals surface area (Å²) in [6.45, 7) is 5.19. The SMILES string of the molecule is CC(NC(=O)c1cc(F)cc(Br)c1)c1ccc(N2CCOCC2)cc1. The van der Waals surface area contributed by atoms with E-state index in [0.717, 1.165) is 37.6 Å². The minimum Gasteiger partial charge on any atom is -0.378 e. The summed E-state index contributed by atoms with van der Waals surface area (Å²) in [5, 5.41) is 2.91. The number of nitrogens with zero attached hydrogens (tertiary/aromatic N) is 1. The summed E-state index contributed by atoms with van der Waals surface area (Å²) in [6.07, 6.45) is 0. The topological polar surface area (TPSA) is 41.6 Å². The molecule has 1 unspecified atom stereocenters. The normalized spacial score (nSPS) is 15.7. The first-order chi connectivity index (χ1) is 12.0. The second-order valence-corrected chi connectivity index (χ2v) is 6.96. The van der Waals surface area contributed by atoms with Crippen LogP contribution in [0.1, 0.15) is 28.9 Å². The number of hydrogen-bond acceptors (Lipinski definition) is 3. The fourth-order valence-corrected chi connectivity index (χ4v) is 3.31. The van der Waals surface area contributed by atoms with Crippen LogP contribution in [-0.2, 0) is 4.74 Å². The van der Waals surface area contributed by atoms with Crippen molar-refractivity contribution in [3.05, 3.63) is 63.9 Å². The summed E-state index contributed by atoms with van der Waals surface area (Å²) in [4.78, 5) is 14.6. The zero-order chi connectivity index (χ0) is 17.8. The zero-order valence-electron chi connectivity index (χ0n) is 14.0. The Morgan fingerprint density at radius 1 is 1.20 bits per heavy atom. The van der Waals surface area contributed by atoms with Crippen molar-refractivity contribution in [2.45, 2.75) is 13.0 Å². The third-order valence-electron chi connectivity index (χ3n) is 4.24. The maximum atomic E-state index is 13.4. The van der Waals surface area contributed by atoms with Gasteiger partial charge in [0.15, 0.2) is 0 Å². The molecule has 6 heteroatoms. The van der Waals surface area contributed by atoms with Gasteiger partial charge in [0.05, 0.1) is 19.3 Å². The third kappa shape index (κ3) is 4.58. The molecule has 2 aromatic rings. The molecule has 25 heavy (non-hydrogen) atoms. The molecule has 0 bridgehead atoms. The molecule has 0 radical (unpaired) electrons. The highest BCUT2D eigenvalue weighted by Gasteiger charge is 2.15. The Kier molecular flexibility index (Phi) is 5.71. The smallest absolute Gasteiger partial charge is 0.251 e. The van der Waals surface area contributed by atoms with E-state index in [4.69, 9.17) is 4.74 Å². The summed E-state index contributed by atoms with van der Waals surface area (Å²) < 4.78 is 19.4. The monoisotopic (exact) mass is 406 g/mol. The zero-order valence-corrected chi connectivity index (χ0v) is 15.6. The van der Waals surface area contributed by atoms with E-state index < -0.39 is 5.82 Å². The van der Waals surface area contributed by atoms with E-state index in [0.29, 0.717) is 10.0 Å². The second-order valence-electron chi connectivity index (χ2n) is 6.04. The van der Waals surface area contributed by atoms with Crippen LogP contribution >= 0.6 is 15.9 Å². The van der Waals surface area contributed by atoms with Gasteiger partial charge in [0.25, 0.3) is 5.91 Å². The molecule has 2 aromatic carbocycles. The lowest BCUT2D eigenvalue weighted by molar-refractivity contribution is 0.0939. The van der Waals surface area contributed by atoms with Gasteiger partial charge in [-0.1, -0.05) is 28.1 Å². The Labute approximate surface area is 155 Å². The number of ether oxygens (including phenoxy) is 1.